The monoisotopic (exact) mass is 289 g/mol. The Hall–Kier alpha value is -2.14. The summed E-state index contributed by atoms with van der Waals surface area (Å²) in [4.78, 5) is 15.7. The number of carbonyl (C=O) groups is 1. The van der Waals surface area contributed by atoms with Crippen LogP contribution in [0.3, 0.4) is 0 Å². The van der Waals surface area contributed by atoms with Crippen molar-refractivity contribution in [1.29, 1.82) is 0 Å². The Morgan fingerprint density at radius 3 is 2.95 bits per heavy atom. The molecule has 0 saturated carbocycles. The zero-order valence-corrected chi connectivity index (χ0v) is 12.1. The molecular weight excluding hydrogens is 274 g/mol. The van der Waals surface area contributed by atoms with Gasteiger partial charge in [-0.2, -0.15) is 0 Å². The molecule has 2 rings (SSSR count). The summed E-state index contributed by atoms with van der Waals surface area (Å²) < 4.78 is 5.67. The Morgan fingerprint density at radius 1 is 1.45 bits per heavy atom. The van der Waals surface area contributed by atoms with Gasteiger partial charge in [0, 0.05) is 6.08 Å². The van der Waals surface area contributed by atoms with Crippen LogP contribution in [0.15, 0.2) is 30.3 Å². The van der Waals surface area contributed by atoms with Gasteiger partial charge in [0.1, 0.15) is 17.4 Å². The molecule has 0 aliphatic carbocycles. The van der Waals surface area contributed by atoms with Crippen molar-refractivity contribution in [2.45, 2.75) is 20.5 Å². The van der Waals surface area contributed by atoms with Crippen LogP contribution in [0.4, 0.5) is 0 Å². The van der Waals surface area contributed by atoms with Gasteiger partial charge in [-0.15, -0.1) is 11.3 Å². The lowest BCUT2D eigenvalue weighted by molar-refractivity contribution is -0.131. The van der Waals surface area contributed by atoms with Gasteiger partial charge in [0.05, 0.1) is 10.6 Å². The van der Waals surface area contributed by atoms with Crippen molar-refractivity contribution in [1.82, 2.24) is 4.98 Å². The van der Waals surface area contributed by atoms with Crippen LogP contribution in [0.25, 0.3) is 6.08 Å². The minimum absolute atomic E-state index is 0.385. The number of thiazole rings is 1. The molecule has 104 valence electrons. The number of aromatic nitrogens is 1. The lowest BCUT2D eigenvalue weighted by Gasteiger charge is -2.04. The SMILES string of the molecule is Cc1cccc(OCc2nc(C)c(/C=C/C(=O)O)s2)c1. The molecule has 1 N–H and O–H groups in total. The van der Waals surface area contributed by atoms with Crippen molar-refractivity contribution in [3.63, 3.8) is 0 Å². The second-order valence-electron chi connectivity index (χ2n) is 4.33. The maximum Gasteiger partial charge on any atom is 0.328 e. The molecule has 0 aliphatic heterocycles. The van der Waals surface area contributed by atoms with E-state index in [2.05, 4.69) is 4.98 Å². The summed E-state index contributed by atoms with van der Waals surface area (Å²) >= 11 is 1.44. The number of aryl methyl sites for hydroxylation is 2. The first kappa shape index (κ1) is 14.3. The van der Waals surface area contributed by atoms with Crippen LogP contribution in [0.5, 0.6) is 5.75 Å². The average Bonchev–Trinajstić information content (AvgIpc) is 2.75. The lowest BCUT2D eigenvalue weighted by atomic mass is 10.2. The van der Waals surface area contributed by atoms with Crippen molar-refractivity contribution >= 4 is 23.4 Å². The summed E-state index contributed by atoms with van der Waals surface area (Å²) in [5, 5.41) is 9.45. The van der Waals surface area contributed by atoms with Crippen LogP contribution < -0.4 is 4.74 Å². The van der Waals surface area contributed by atoms with Gasteiger partial charge in [-0.25, -0.2) is 9.78 Å². The predicted octanol–water partition coefficient (Wildman–Crippen LogP) is 3.44. The summed E-state index contributed by atoms with van der Waals surface area (Å²) in [7, 11) is 0. The fourth-order valence-corrected chi connectivity index (χ4v) is 2.56. The summed E-state index contributed by atoms with van der Waals surface area (Å²) in [6.07, 6.45) is 2.68. The number of nitrogens with zero attached hydrogens (tertiary/aromatic N) is 1. The smallest absolute Gasteiger partial charge is 0.328 e. The fraction of sp³-hybridized carbons (Fsp3) is 0.200. The number of carboxylic acid groups (broad SMARTS) is 1. The highest BCUT2D eigenvalue weighted by molar-refractivity contribution is 7.12. The third-order valence-electron chi connectivity index (χ3n) is 2.61. The van der Waals surface area contributed by atoms with Crippen LogP contribution in [0, 0.1) is 13.8 Å². The van der Waals surface area contributed by atoms with Crippen LogP contribution >= 0.6 is 11.3 Å². The summed E-state index contributed by atoms with van der Waals surface area (Å²) in [5.74, 6) is -0.157. The quantitative estimate of drug-likeness (QED) is 0.857. The normalized spacial score (nSPS) is 10.9. The molecule has 0 atom stereocenters. The predicted molar refractivity (Wildman–Crippen MR) is 79.0 cm³/mol. The van der Waals surface area contributed by atoms with E-state index in [-0.39, 0.29) is 0 Å². The standard InChI is InChI=1S/C15H15NO3S/c1-10-4-3-5-12(8-10)19-9-14-16-11(2)13(20-14)6-7-15(17)18/h3-8H,9H2,1-2H3,(H,17,18)/b7-6+. The maximum absolute atomic E-state index is 10.5. The number of carboxylic acids is 1. The zero-order valence-electron chi connectivity index (χ0n) is 11.3. The molecule has 0 aliphatic rings. The Balaban J connectivity index is 2.04. The van der Waals surface area contributed by atoms with Crippen molar-refractivity contribution in [3.05, 3.63) is 51.5 Å². The number of aliphatic carboxylic acids is 1. The van der Waals surface area contributed by atoms with Gasteiger partial charge in [-0.05, 0) is 37.6 Å². The second-order valence-corrected chi connectivity index (χ2v) is 5.45. The first-order valence-corrected chi connectivity index (χ1v) is 6.93. The molecule has 1 heterocycles. The maximum atomic E-state index is 10.5. The lowest BCUT2D eigenvalue weighted by Crippen LogP contribution is -1.94. The number of rotatable bonds is 5. The Morgan fingerprint density at radius 2 is 2.25 bits per heavy atom. The molecular formula is C15H15NO3S. The molecule has 5 heteroatoms. The number of benzene rings is 1. The summed E-state index contributed by atoms with van der Waals surface area (Å²) in [6.45, 7) is 4.25. The molecule has 2 aromatic rings. The van der Waals surface area contributed by atoms with Crippen molar-refractivity contribution in [2.75, 3.05) is 0 Å². The largest absolute Gasteiger partial charge is 0.486 e. The van der Waals surface area contributed by atoms with Crippen LogP contribution in [0.1, 0.15) is 21.1 Å². The van der Waals surface area contributed by atoms with Gasteiger partial charge in [0.15, 0.2) is 0 Å². The minimum atomic E-state index is -0.963. The molecule has 1 aromatic heterocycles. The van der Waals surface area contributed by atoms with E-state index >= 15 is 0 Å². The molecule has 0 radical (unpaired) electrons. The van der Waals surface area contributed by atoms with E-state index in [0.29, 0.717) is 6.61 Å². The molecule has 4 nitrogen and oxygen atoms in total. The zero-order chi connectivity index (χ0) is 14.5. The second kappa shape index (κ2) is 6.34. The molecule has 0 unspecified atom stereocenters. The Kier molecular flexibility index (Phi) is 4.53. The molecule has 0 amide bonds. The number of hydrogen-bond donors (Lipinski definition) is 1. The van der Waals surface area contributed by atoms with Crippen LogP contribution in [-0.4, -0.2) is 16.1 Å². The number of hydrogen-bond acceptors (Lipinski definition) is 4. The highest BCUT2D eigenvalue weighted by atomic mass is 32.1. The number of ether oxygens (including phenoxy) is 1. The van der Waals surface area contributed by atoms with Gasteiger partial charge in [-0.1, -0.05) is 12.1 Å². The van der Waals surface area contributed by atoms with E-state index in [1.54, 1.807) is 6.08 Å². The topological polar surface area (TPSA) is 59.4 Å². The summed E-state index contributed by atoms with van der Waals surface area (Å²) in [6, 6.07) is 7.82. The van der Waals surface area contributed by atoms with Crippen LogP contribution in [0.2, 0.25) is 0 Å². The highest BCUT2D eigenvalue weighted by Crippen LogP contribution is 2.21. The first-order chi connectivity index (χ1) is 9.54. The molecule has 20 heavy (non-hydrogen) atoms. The van der Waals surface area contributed by atoms with Gasteiger partial charge >= 0.3 is 5.97 Å². The molecule has 1 aromatic carbocycles. The average molecular weight is 289 g/mol. The Bertz CT molecular complexity index is 646. The third kappa shape index (κ3) is 3.93. The van der Waals surface area contributed by atoms with Crippen molar-refractivity contribution in [3.8, 4) is 5.75 Å². The molecule has 0 fully saturated rings. The van der Waals surface area contributed by atoms with Crippen molar-refractivity contribution < 1.29 is 14.6 Å². The van der Waals surface area contributed by atoms with E-state index in [1.165, 1.54) is 11.3 Å². The van der Waals surface area contributed by atoms with Gasteiger partial charge in [0.25, 0.3) is 0 Å². The van der Waals surface area contributed by atoms with E-state index in [0.717, 1.165) is 33.0 Å². The van der Waals surface area contributed by atoms with Gasteiger partial charge in [0.2, 0.25) is 0 Å². The molecule has 0 spiro atoms. The van der Waals surface area contributed by atoms with E-state index in [9.17, 15) is 4.79 Å². The molecule has 0 bridgehead atoms. The summed E-state index contributed by atoms with van der Waals surface area (Å²) in [5.41, 5.74) is 1.96. The fourth-order valence-electron chi connectivity index (χ4n) is 1.68. The van der Waals surface area contributed by atoms with Gasteiger partial charge in [-0.3, -0.25) is 0 Å². The minimum Gasteiger partial charge on any atom is -0.486 e. The highest BCUT2D eigenvalue weighted by Gasteiger charge is 2.06. The first-order valence-electron chi connectivity index (χ1n) is 6.11. The van der Waals surface area contributed by atoms with E-state index in [4.69, 9.17) is 9.84 Å². The molecule has 0 saturated heterocycles. The van der Waals surface area contributed by atoms with Crippen molar-refractivity contribution in [2.24, 2.45) is 0 Å². The van der Waals surface area contributed by atoms with E-state index in [1.807, 2.05) is 38.1 Å². The Labute approximate surface area is 121 Å². The van der Waals surface area contributed by atoms with E-state index < -0.39 is 5.97 Å². The van der Waals surface area contributed by atoms with Crippen LogP contribution in [-0.2, 0) is 11.4 Å². The third-order valence-corrected chi connectivity index (χ3v) is 3.70. The van der Waals surface area contributed by atoms with Gasteiger partial charge < -0.3 is 9.84 Å².